The van der Waals surface area contributed by atoms with Crippen molar-refractivity contribution in [2.24, 2.45) is 0 Å². The number of aromatic nitrogens is 2. The van der Waals surface area contributed by atoms with Crippen LogP contribution in [0.15, 0.2) is 17.2 Å². The van der Waals surface area contributed by atoms with E-state index in [1.165, 1.54) is 24.6 Å². The van der Waals surface area contributed by atoms with E-state index in [1.54, 1.807) is 6.20 Å². The van der Waals surface area contributed by atoms with Crippen molar-refractivity contribution in [1.29, 1.82) is 0 Å². The van der Waals surface area contributed by atoms with Crippen LogP contribution >= 0.6 is 0 Å². The van der Waals surface area contributed by atoms with Crippen molar-refractivity contribution in [3.8, 4) is 0 Å². The molecule has 1 rings (SSSR count). The summed E-state index contributed by atoms with van der Waals surface area (Å²) in [6.07, 6.45) is 3.02. The fraction of sp³-hybridized carbons (Fsp3) is 0.500. The summed E-state index contributed by atoms with van der Waals surface area (Å²) in [5.41, 5.74) is -1.54. The molecular weight excluding hydrogens is 210 g/mol. The first-order valence-electron chi connectivity index (χ1n) is 4.95. The minimum Gasteiger partial charge on any atom is -0.480 e. The Morgan fingerprint density at radius 2 is 2.25 bits per heavy atom. The smallest absolute Gasteiger partial charge is 0.328 e. The summed E-state index contributed by atoms with van der Waals surface area (Å²) in [5.74, 6) is -0.989. The van der Waals surface area contributed by atoms with Gasteiger partial charge in [0.15, 0.2) is 5.82 Å². The van der Waals surface area contributed by atoms with Crippen LogP contribution in [-0.4, -0.2) is 26.2 Å². The number of aliphatic carboxylic acids is 1. The molecule has 88 valence electrons. The summed E-state index contributed by atoms with van der Waals surface area (Å²) >= 11 is 0. The lowest BCUT2D eigenvalue weighted by atomic mass is 10.1. The van der Waals surface area contributed by atoms with E-state index in [2.05, 4.69) is 10.3 Å². The van der Waals surface area contributed by atoms with E-state index in [9.17, 15) is 9.59 Å². The quantitative estimate of drug-likeness (QED) is 0.781. The molecule has 0 saturated heterocycles. The molecule has 1 aromatic heterocycles. The van der Waals surface area contributed by atoms with Crippen LogP contribution < -0.4 is 10.9 Å². The standard InChI is InChI=1S/C10H15N3O3/c1-4-13-6-5-11-7(8(13)14)12-10(2,3)9(15)16/h5-6H,4H2,1-3H3,(H,11,12)(H,15,16). The molecule has 1 heterocycles. The lowest BCUT2D eigenvalue weighted by molar-refractivity contribution is -0.141. The fourth-order valence-electron chi connectivity index (χ4n) is 1.13. The van der Waals surface area contributed by atoms with E-state index in [-0.39, 0.29) is 11.4 Å². The molecule has 1 aromatic rings. The summed E-state index contributed by atoms with van der Waals surface area (Å²) in [4.78, 5) is 26.5. The third-order valence-corrected chi connectivity index (χ3v) is 2.22. The Labute approximate surface area is 92.9 Å². The molecule has 2 N–H and O–H groups in total. The molecule has 0 spiro atoms. The van der Waals surface area contributed by atoms with E-state index >= 15 is 0 Å². The van der Waals surface area contributed by atoms with Crippen LogP contribution in [0.2, 0.25) is 0 Å². The normalized spacial score (nSPS) is 11.2. The van der Waals surface area contributed by atoms with Gasteiger partial charge in [-0.15, -0.1) is 0 Å². The molecule has 0 bridgehead atoms. The maximum atomic E-state index is 11.7. The first-order valence-corrected chi connectivity index (χ1v) is 4.95. The molecule has 0 aliphatic rings. The second kappa shape index (κ2) is 4.34. The molecule has 0 aliphatic heterocycles. The van der Waals surface area contributed by atoms with Gasteiger partial charge in [-0.05, 0) is 20.8 Å². The summed E-state index contributed by atoms with van der Waals surface area (Å²) in [6, 6.07) is 0. The number of carboxylic acids is 1. The minimum atomic E-state index is -1.22. The number of carboxylic acid groups (broad SMARTS) is 1. The number of nitrogens with zero attached hydrogens (tertiary/aromatic N) is 2. The third-order valence-electron chi connectivity index (χ3n) is 2.22. The van der Waals surface area contributed by atoms with E-state index in [4.69, 9.17) is 5.11 Å². The number of rotatable bonds is 4. The van der Waals surface area contributed by atoms with Crippen molar-refractivity contribution in [3.63, 3.8) is 0 Å². The molecule has 0 amide bonds. The molecule has 0 unspecified atom stereocenters. The van der Waals surface area contributed by atoms with Gasteiger partial charge in [0.25, 0.3) is 5.56 Å². The highest BCUT2D eigenvalue weighted by atomic mass is 16.4. The Bertz CT molecular complexity index is 451. The zero-order valence-electron chi connectivity index (χ0n) is 9.52. The SMILES string of the molecule is CCn1ccnc(NC(C)(C)C(=O)O)c1=O. The van der Waals surface area contributed by atoms with Crippen LogP contribution in [0.25, 0.3) is 0 Å². The molecule has 6 nitrogen and oxygen atoms in total. The van der Waals surface area contributed by atoms with Crippen LogP contribution in [0.5, 0.6) is 0 Å². The third kappa shape index (κ3) is 2.39. The average Bonchev–Trinajstić information content (AvgIpc) is 2.20. The van der Waals surface area contributed by atoms with Crippen molar-refractivity contribution in [2.75, 3.05) is 5.32 Å². The Morgan fingerprint density at radius 1 is 1.62 bits per heavy atom. The first-order chi connectivity index (χ1) is 7.38. The summed E-state index contributed by atoms with van der Waals surface area (Å²) in [7, 11) is 0. The van der Waals surface area contributed by atoms with E-state index in [0.29, 0.717) is 6.54 Å². The molecule has 0 aromatic carbocycles. The molecule has 0 atom stereocenters. The Morgan fingerprint density at radius 3 is 2.75 bits per heavy atom. The van der Waals surface area contributed by atoms with Crippen molar-refractivity contribution in [2.45, 2.75) is 32.9 Å². The first kappa shape index (κ1) is 12.2. The number of aryl methyl sites for hydroxylation is 1. The van der Waals surface area contributed by atoms with Crippen LogP contribution in [0.1, 0.15) is 20.8 Å². The van der Waals surface area contributed by atoms with Gasteiger partial charge in [-0.1, -0.05) is 0 Å². The van der Waals surface area contributed by atoms with Gasteiger partial charge in [0.2, 0.25) is 0 Å². The predicted molar refractivity (Wildman–Crippen MR) is 59.5 cm³/mol. The van der Waals surface area contributed by atoms with Gasteiger partial charge in [-0.3, -0.25) is 4.79 Å². The largest absolute Gasteiger partial charge is 0.480 e. The molecule has 0 saturated carbocycles. The zero-order chi connectivity index (χ0) is 12.3. The number of carbonyl (C=O) groups is 1. The molecule has 0 radical (unpaired) electrons. The maximum absolute atomic E-state index is 11.7. The van der Waals surface area contributed by atoms with Crippen molar-refractivity contribution >= 4 is 11.8 Å². The highest BCUT2D eigenvalue weighted by Crippen LogP contribution is 2.08. The van der Waals surface area contributed by atoms with Crippen molar-refractivity contribution < 1.29 is 9.90 Å². The number of nitrogens with one attached hydrogen (secondary N) is 1. The molecule has 6 heteroatoms. The van der Waals surface area contributed by atoms with Crippen LogP contribution in [-0.2, 0) is 11.3 Å². The van der Waals surface area contributed by atoms with Crippen molar-refractivity contribution in [3.05, 3.63) is 22.7 Å². The highest BCUT2D eigenvalue weighted by molar-refractivity contribution is 5.81. The zero-order valence-corrected chi connectivity index (χ0v) is 9.52. The Kier molecular flexibility index (Phi) is 3.31. The molecule has 0 aliphatic carbocycles. The van der Waals surface area contributed by atoms with E-state index in [0.717, 1.165) is 0 Å². The molecule has 0 fully saturated rings. The van der Waals surface area contributed by atoms with Gasteiger partial charge in [0.1, 0.15) is 5.54 Å². The molecular formula is C10H15N3O3. The average molecular weight is 225 g/mol. The number of anilines is 1. The van der Waals surface area contributed by atoms with Crippen LogP contribution in [0.4, 0.5) is 5.82 Å². The van der Waals surface area contributed by atoms with Crippen LogP contribution in [0.3, 0.4) is 0 Å². The summed E-state index contributed by atoms with van der Waals surface area (Å²) < 4.78 is 1.45. The summed E-state index contributed by atoms with van der Waals surface area (Å²) in [6.45, 7) is 5.29. The van der Waals surface area contributed by atoms with E-state index in [1.807, 2.05) is 6.92 Å². The predicted octanol–water partition coefficient (Wildman–Crippen LogP) is 0.538. The summed E-state index contributed by atoms with van der Waals surface area (Å²) in [5, 5.41) is 11.5. The second-order valence-electron chi connectivity index (χ2n) is 3.92. The van der Waals surface area contributed by atoms with Gasteiger partial charge in [-0.2, -0.15) is 0 Å². The minimum absolute atomic E-state index is 0.0525. The fourth-order valence-corrected chi connectivity index (χ4v) is 1.13. The monoisotopic (exact) mass is 225 g/mol. The van der Waals surface area contributed by atoms with Crippen LogP contribution in [0, 0.1) is 0 Å². The number of hydrogen-bond donors (Lipinski definition) is 2. The van der Waals surface area contributed by atoms with Gasteiger partial charge >= 0.3 is 5.97 Å². The van der Waals surface area contributed by atoms with E-state index < -0.39 is 11.5 Å². The topological polar surface area (TPSA) is 84.2 Å². The van der Waals surface area contributed by atoms with Gasteiger partial charge in [0, 0.05) is 18.9 Å². The lowest BCUT2D eigenvalue weighted by Gasteiger charge is -2.21. The van der Waals surface area contributed by atoms with Gasteiger partial charge in [0.05, 0.1) is 0 Å². The Hall–Kier alpha value is -1.85. The van der Waals surface area contributed by atoms with Gasteiger partial charge < -0.3 is 15.0 Å². The highest BCUT2D eigenvalue weighted by Gasteiger charge is 2.28. The number of hydrogen-bond acceptors (Lipinski definition) is 4. The lowest BCUT2D eigenvalue weighted by Crippen LogP contribution is -2.42. The van der Waals surface area contributed by atoms with Gasteiger partial charge in [-0.25, -0.2) is 9.78 Å². The Balaban J connectivity index is 3.08. The molecule has 16 heavy (non-hydrogen) atoms. The van der Waals surface area contributed by atoms with Crippen molar-refractivity contribution in [1.82, 2.24) is 9.55 Å². The maximum Gasteiger partial charge on any atom is 0.328 e. The second-order valence-corrected chi connectivity index (χ2v) is 3.92.